The molecule has 0 bridgehead atoms. The third-order valence-corrected chi connectivity index (χ3v) is 3.62. The monoisotopic (exact) mass is 198 g/mol. The van der Waals surface area contributed by atoms with Crippen LogP contribution < -0.4 is 0 Å². The van der Waals surface area contributed by atoms with E-state index in [-0.39, 0.29) is 11.7 Å². The molecule has 0 radical (unpaired) electrons. The van der Waals surface area contributed by atoms with Gasteiger partial charge in [0, 0.05) is 6.42 Å². The molecule has 3 heteroatoms. The molecular weight excluding hydrogens is 180 g/mol. The summed E-state index contributed by atoms with van der Waals surface area (Å²) in [5.41, 5.74) is -0.485. The third-order valence-electron chi connectivity index (χ3n) is 3.62. The lowest BCUT2D eigenvalue weighted by Gasteiger charge is -2.43. The highest BCUT2D eigenvalue weighted by Crippen LogP contribution is 2.55. The molecule has 1 aliphatic heterocycles. The van der Waals surface area contributed by atoms with Crippen molar-refractivity contribution >= 4 is 0 Å². The fraction of sp³-hybridized carbons (Fsp3) is 1.00. The van der Waals surface area contributed by atoms with Crippen molar-refractivity contribution in [2.24, 2.45) is 0 Å². The van der Waals surface area contributed by atoms with Gasteiger partial charge in [-0.3, -0.25) is 0 Å². The van der Waals surface area contributed by atoms with Crippen molar-refractivity contribution in [3.63, 3.8) is 0 Å². The van der Waals surface area contributed by atoms with E-state index < -0.39 is 11.4 Å². The van der Waals surface area contributed by atoms with E-state index in [1.54, 1.807) is 0 Å². The quantitative estimate of drug-likeness (QED) is 0.695. The highest BCUT2D eigenvalue weighted by molar-refractivity contribution is 5.09. The molecule has 0 aromatic carbocycles. The largest absolute Gasteiger partial charge is 0.387 e. The highest BCUT2D eigenvalue weighted by atomic mass is 16.7. The average molecular weight is 198 g/mol. The highest BCUT2D eigenvalue weighted by Gasteiger charge is 2.60. The Morgan fingerprint density at radius 2 is 1.79 bits per heavy atom. The Hall–Kier alpha value is -0.120. The van der Waals surface area contributed by atoms with Gasteiger partial charge in [-0.15, -0.1) is 0 Å². The molecule has 1 saturated heterocycles. The topological polar surface area (TPSA) is 38.7 Å². The van der Waals surface area contributed by atoms with Crippen molar-refractivity contribution in [1.29, 1.82) is 0 Å². The van der Waals surface area contributed by atoms with Gasteiger partial charge in [-0.2, -0.15) is 0 Å². The normalized spacial score (nSPS) is 40.9. The standard InChI is InChI=1S/C11H18O3/c1-9(2)13-8(11(12)5-6-11)7-10(14-9)3-4-10/h8,12H,3-7H2,1-2H3/t8-/m1/s1. The van der Waals surface area contributed by atoms with Crippen LogP contribution in [0.2, 0.25) is 0 Å². The maximum absolute atomic E-state index is 10.1. The fourth-order valence-corrected chi connectivity index (χ4v) is 2.50. The molecule has 0 amide bonds. The van der Waals surface area contributed by atoms with E-state index in [9.17, 15) is 5.11 Å². The Morgan fingerprint density at radius 1 is 1.14 bits per heavy atom. The van der Waals surface area contributed by atoms with E-state index >= 15 is 0 Å². The molecule has 3 nitrogen and oxygen atoms in total. The Morgan fingerprint density at radius 3 is 2.29 bits per heavy atom. The van der Waals surface area contributed by atoms with Crippen LogP contribution in [-0.2, 0) is 9.47 Å². The minimum atomic E-state index is -0.531. The van der Waals surface area contributed by atoms with Crippen LogP contribution >= 0.6 is 0 Å². The van der Waals surface area contributed by atoms with E-state index in [2.05, 4.69) is 0 Å². The zero-order chi connectivity index (χ0) is 10.0. The number of rotatable bonds is 1. The molecule has 1 atom stereocenters. The third kappa shape index (κ3) is 1.38. The molecule has 14 heavy (non-hydrogen) atoms. The van der Waals surface area contributed by atoms with Crippen molar-refractivity contribution in [1.82, 2.24) is 0 Å². The van der Waals surface area contributed by atoms with Gasteiger partial charge in [0.05, 0.1) is 17.3 Å². The van der Waals surface area contributed by atoms with Crippen molar-refractivity contribution in [3.05, 3.63) is 0 Å². The maximum Gasteiger partial charge on any atom is 0.164 e. The van der Waals surface area contributed by atoms with E-state index in [4.69, 9.17) is 9.47 Å². The van der Waals surface area contributed by atoms with E-state index in [1.807, 2.05) is 13.8 Å². The van der Waals surface area contributed by atoms with Gasteiger partial charge >= 0.3 is 0 Å². The lowest BCUT2D eigenvalue weighted by atomic mass is 10.0. The van der Waals surface area contributed by atoms with Crippen molar-refractivity contribution < 1.29 is 14.6 Å². The first-order chi connectivity index (χ1) is 6.43. The zero-order valence-corrected chi connectivity index (χ0v) is 8.88. The van der Waals surface area contributed by atoms with Crippen LogP contribution in [0.5, 0.6) is 0 Å². The second-order valence-electron chi connectivity index (χ2n) is 5.60. The summed E-state index contributed by atoms with van der Waals surface area (Å²) in [5, 5.41) is 10.1. The first kappa shape index (κ1) is 9.13. The van der Waals surface area contributed by atoms with Crippen LogP contribution in [0.25, 0.3) is 0 Å². The summed E-state index contributed by atoms with van der Waals surface area (Å²) in [4.78, 5) is 0. The van der Waals surface area contributed by atoms with Gasteiger partial charge in [0.15, 0.2) is 5.79 Å². The van der Waals surface area contributed by atoms with Gasteiger partial charge in [-0.25, -0.2) is 0 Å². The minimum absolute atomic E-state index is 0.00579. The SMILES string of the molecule is CC1(C)O[C@@H](C2(O)CC2)CC2(CC2)O1. The van der Waals surface area contributed by atoms with Crippen LogP contribution in [0.4, 0.5) is 0 Å². The lowest BCUT2D eigenvalue weighted by Crippen LogP contribution is -2.50. The lowest BCUT2D eigenvalue weighted by molar-refractivity contribution is -0.324. The summed E-state index contributed by atoms with van der Waals surface area (Å²) >= 11 is 0. The summed E-state index contributed by atoms with van der Waals surface area (Å²) in [5.74, 6) is -0.516. The number of hydrogen-bond acceptors (Lipinski definition) is 3. The molecule has 3 aliphatic rings. The molecule has 3 rings (SSSR count). The predicted octanol–water partition coefficient (Wildman–Crippen LogP) is 1.59. The summed E-state index contributed by atoms with van der Waals surface area (Å²) in [7, 11) is 0. The molecular formula is C11H18O3. The first-order valence-corrected chi connectivity index (χ1v) is 5.54. The molecule has 2 aliphatic carbocycles. The van der Waals surface area contributed by atoms with Crippen LogP contribution in [0.15, 0.2) is 0 Å². The predicted molar refractivity (Wildman–Crippen MR) is 50.8 cm³/mol. The molecule has 0 aromatic heterocycles. The van der Waals surface area contributed by atoms with E-state index in [0.29, 0.717) is 0 Å². The smallest absolute Gasteiger partial charge is 0.164 e. The van der Waals surface area contributed by atoms with Crippen molar-refractivity contribution in [2.45, 2.75) is 69.0 Å². The molecule has 1 spiro atoms. The number of ether oxygens (including phenoxy) is 2. The van der Waals surface area contributed by atoms with E-state index in [0.717, 1.165) is 32.1 Å². The maximum atomic E-state index is 10.1. The van der Waals surface area contributed by atoms with Gasteiger partial charge < -0.3 is 14.6 Å². The Kier molecular flexibility index (Phi) is 1.53. The van der Waals surface area contributed by atoms with Gasteiger partial charge in [-0.05, 0) is 39.5 Å². The second kappa shape index (κ2) is 2.34. The Bertz CT molecular complexity index is 258. The van der Waals surface area contributed by atoms with Crippen molar-refractivity contribution in [2.75, 3.05) is 0 Å². The van der Waals surface area contributed by atoms with Gasteiger partial charge in [0.2, 0.25) is 0 Å². The van der Waals surface area contributed by atoms with Crippen molar-refractivity contribution in [3.8, 4) is 0 Å². The first-order valence-electron chi connectivity index (χ1n) is 5.54. The number of aliphatic hydroxyl groups is 1. The van der Waals surface area contributed by atoms with Gasteiger partial charge in [0.1, 0.15) is 0 Å². The summed E-state index contributed by atoms with van der Waals surface area (Å²) < 4.78 is 11.7. The molecule has 1 heterocycles. The summed E-state index contributed by atoms with van der Waals surface area (Å²) in [6.45, 7) is 3.90. The summed E-state index contributed by atoms with van der Waals surface area (Å²) in [6.07, 6.45) is 4.92. The Labute approximate surface area is 84.4 Å². The second-order valence-corrected chi connectivity index (χ2v) is 5.60. The molecule has 3 fully saturated rings. The van der Waals surface area contributed by atoms with E-state index in [1.165, 1.54) is 0 Å². The van der Waals surface area contributed by atoms with Gasteiger partial charge in [-0.1, -0.05) is 0 Å². The summed E-state index contributed by atoms with van der Waals surface area (Å²) in [6, 6.07) is 0. The van der Waals surface area contributed by atoms with Crippen LogP contribution in [-0.4, -0.2) is 28.2 Å². The zero-order valence-electron chi connectivity index (χ0n) is 8.88. The molecule has 2 saturated carbocycles. The molecule has 0 aromatic rings. The number of hydrogen-bond donors (Lipinski definition) is 1. The van der Waals surface area contributed by atoms with Crippen LogP contribution in [0.1, 0.15) is 46.0 Å². The van der Waals surface area contributed by atoms with Crippen LogP contribution in [0, 0.1) is 0 Å². The van der Waals surface area contributed by atoms with Gasteiger partial charge in [0.25, 0.3) is 0 Å². The molecule has 80 valence electrons. The van der Waals surface area contributed by atoms with Crippen LogP contribution in [0.3, 0.4) is 0 Å². The average Bonchev–Trinajstić information content (AvgIpc) is 2.91. The fourth-order valence-electron chi connectivity index (χ4n) is 2.50. The molecule has 0 unspecified atom stereocenters. The Balaban J connectivity index is 1.80. The molecule has 1 N–H and O–H groups in total. The minimum Gasteiger partial charge on any atom is -0.387 e.